The number of amides is 4. The summed E-state index contributed by atoms with van der Waals surface area (Å²) in [5, 5.41) is 5.36. The molecule has 9 heteroatoms. The maximum atomic E-state index is 12.9. The normalized spacial score (nSPS) is 18.4. The van der Waals surface area contributed by atoms with Crippen LogP contribution in [0.15, 0.2) is 42.6 Å². The van der Waals surface area contributed by atoms with Gasteiger partial charge in [0.15, 0.2) is 0 Å². The molecular formula is C20H22N4O5. The third-order valence-corrected chi connectivity index (χ3v) is 4.74. The van der Waals surface area contributed by atoms with Crippen molar-refractivity contribution in [2.75, 3.05) is 20.8 Å². The molecule has 2 aromatic rings. The number of pyridine rings is 1. The lowest BCUT2D eigenvalue weighted by molar-refractivity contribution is -0.134. The van der Waals surface area contributed by atoms with Crippen molar-refractivity contribution in [1.82, 2.24) is 20.5 Å². The zero-order chi connectivity index (χ0) is 21.0. The van der Waals surface area contributed by atoms with E-state index in [2.05, 4.69) is 15.6 Å². The Morgan fingerprint density at radius 3 is 2.55 bits per heavy atom. The Hall–Kier alpha value is -3.62. The van der Waals surface area contributed by atoms with E-state index in [1.54, 1.807) is 56.6 Å². The van der Waals surface area contributed by atoms with Crippen molar-refractivity contribution in [3.63, 3.8) is 0 Å². The Bertz CT molecular complexity index is 931. The quantitative estimate of drug-likeness (QED) is 0.678. The second kappa shape index (κ2) is 8.17. The molecule has 0 spiro atoms. The van der Waals surface area contributed by atoms with Gasteiger partial charge in [0.2, 0.25) is 11.8 Å². The van der Waals surface area contributed by atoms with Crippen LogP contribution in [0.25, 0.3) is 0 Å². The predicted molar refractivity (Wildman–Crippen MR) is 103 cm³/mol. The van der Waals surface area contributed by atoms with E-state index < -0.39 is 23.4 Å². The summed E-state index contributed by atoms with van der Waals surface area (Å²) in [5.41, 5.74) is 0.135. The fraction of sp³-hybridized carbons (Fsp3) is 0.300. The summed E-state index contributed by atoms with van der Waals surface area (Å²) in [4.78, 5) is 42.5. The average Bonchev–Trinajstić information content (AvgIpc) is 2.96. The number of carbonyl (C=O) groups is 3. The van der Waals surface area contributed by atoms with E-state index in [0.29, 0.717) is 17.2 Å². The first-order valence-corrected chi connectivity index (χ1v) is 8.91. The van der Waals surface area contributed by atoms with Crippen LogP contribution >= 0.6 is 0 Å². The van der Waals surface area contributed by atoms with Crippen LogP contribution in [0.5, 0.6) is 11.6 Å². The molecule has 1 saturated heterocycles. The third-order valence-electron chi connectivity index (χ3n) is 4.74. The van der Waals surface area contributed by atoms with Crippen LogP contribution in [0.1, 0.15) is 18.1 Å². The fourth-order valence-corrected chi connectivity index (χ4v) is 3.03. The summed E-state index contributed by atoms with van der Waals surface area (Å²) >= 11 is 0. The smallest absolute Gasteiger partial charge is 0.325 e. The number of nitrogens with one attached hydrogen (secondary N) is 2. The van der Waals surface area contributed by atoms with Crippen LogP contribution in [0.4, 0.5) is 4.79 Å². The summed E-state index contributed by atoms with van der Waals surface area (Å²) in [6.07, 6.45) is 1.57. The lowest BCUT2D eigenvalue weighted by Crippen LogP contribution is -2.43. The zero-order valence-corrected chi connectivity index (χ0v) is 16.4. The number of ether oxygens (including phenoxy) is 2. The lowest BCUT2D eigenvalue weighted by Gasteiger charge is -2.22. The van der Waals surface area contributed by atoms with E-state index in [4.69, 9.17) is 9.47 Å². The Morgan fingerprint density at radius 2 is 1.90 bits per heavy atom. The molecule has 9 nitrogen and oxygen atoms in total. The van der Waals surface area contributed by atoms with Gasteiger partial charge in [-0.3, -0.25) is 14.5 Å². The van der Waals surface area contributed by atoms with Crippen molar-refractivity contribution in [3.05, 3.63) is 53.7 Å². The van der Waals surface area contributed by atoms with Crippen molar-refractivity contribution < 1.29 is 23.9 Å². The van der Waals surface area contributed by atoms with E-state index in [1.165, 1.54) is 7.11 Å². The number of benzene rings is 1. The molecule has 4 amide bonds. The molecule has 1 aromatic carbocycles. The number of hydrogen-bond donors (Lipinski definition) is 2. The van der Waals surface area contributed by atoms with E-state index >= 15 is 0 Å². The van der Waals surface area contributed by atoms with Crippen molar-refractivity contribution in [2.45, 2.75) is 19.0 Å². The number of methoxy groups -OCH3 is 2. The highest BCUT2D eigenvalue weighted by Gasteiger charge is 2.49. The molecule has 1 fully saturated rings. The number of imide groups is 1. The molecule has 0 radical (unpaired) electrons. The highest BCUT2D eigenvalue weighted by Crippen LogP contribution is 2.29. The van der Waals surface area contributed by atoms with Gasteiger partial charge in [-0.15, -0.1) is 0 Å². The summed E-state index contributed by atoms with van der Waals surface area (Å²) in [6.45, 7) is 1.45. The Balaban J connectivity index is 1.65. The topological polar surface area (TPSA) is 110 Å². The summed E-state index contributed by atoms with van der Waals surface area (Å²) in [6, 6.07) is 9.63. The molecule has 0 bridgehead atoms. The van der Waals surface area contributed by atoms with Gasteiger partial charge in [-0.25, -0.2) is 9.78 Å². The number of aromatic nitrogens is 1. The van der Waals surface area contributed by atoms with E-state index in [-0.39, 0.29) is 13.1 Å². The van der Waals surface area contributed by atoms with Crippen LogP contribution in [0, 0.1) is 0 Å². The number of nitrogens with zero attached hydrogens (tertiary/aromatic N) is 2. The van der Waals surface area contributed by atoms with Gasteiger partial charge in [0.05, 0.1) is 14.2 Å². The number of hydrogen-bond acceptors (Lipinski definition) is 6. The van der Waals surface area contributed by atoms with E-state index in [0.717, 1.165) is 10.5 Å². The molecule has 0 aliphatic carbocycles. The molecule has 3 rings (SSSR count). The maximum absolute atomic E-state index is 12.9. The Kier molecular flexibility index (Phi) is 5.67. The van der Waals surface area contributed by atoms with E-state index in [1.807, 2.05) is 0 Å². The van der Waals surface area contributed by atoms with Gasteiger partial charge >= 0.3 is 6.03 Å². The monoisotopic (exact) mass is 398 g/mol. The lowest BCUT2D eigenvalue weighted by atomic mass is 9.92. The average molecular weight is 398 g/mol. The van der Waals surface area contributed by atoms with Crippen molar-refractivity contribution in [2.24, 2.45) is 0 Å². The fourth-order valence-electron chi connectivity index (χ4n) is 3.03. The van der Waals surface area contributed by atoms with Gasteiger partial charge in [0.25, 0.3) is 5.91 Å². The van der Waals surface area contributed by atoms with Crippen LogP contribution in [0.3, 0.4) is 0 Å². The van der Waals surface area contributed by atoms with Crippen molar-refractivity contribution in [3.8, 4) is 11.6 Å². The van der Waals surface area contributed by atoms with Crippen LogP contribution < -0.4 is 20.1 Å². The van der Waals surface area contributed by atoms with Gasteiger partial charge in [-0.2, -0.15) is 0 Å². The molecule has 0 saturated carbocycles. The first kappa shape index (κ1) is 20.1. The first-order valence-electron chi connectivity index (χ1n) is 8.91. The SMILES string of the molecule is COc1ccc(C2(C)NC(=O)N(CC(=O)NCc3ccnc(OC)c3)C2=O)cc1. The second-order valence-electron chi connectivity index (χ2n) is 6.66. The molecule has 1 aliphatic rings. The summed E-state index contributed by atoms with van der Waals surface area (Å²) in [7, 11) is 3.05. The third kappa shape index (κ3) is 4.13. The Morgan fingerprint density at radius 1 is 1.17 bits per heavy atom. The number of rotatable bonds is 7. The molecule has 2 heterocycles. The van der Waals surface area contributed by atoms with Gasteiger partial charge in [-0.1, -0.05) is 12.1 Å². The maximum Gasteiger partial charge on any atom is 0.325 e. The largest absolute Gasteiger partial charge is 0.497 e. The minimum Gasteiger partial charge on any atom is -0.497 e. The molecule has 2 N–H and O–H groups in total. The molecule has 152 valence electrons. The van der Waals surface area contributed by atoms with Gasteiger partial charge in [0.1, 0.15) is 17.8 Å². The second-order valence-corrected chi connectivity index (χ2v) is 6.66. The zero-order valence-electron chi connectivity index (χ0n) is 16.4. The first-order chi connectivity index (χ1) is 13.9. The number of carbonyl (C=O) groups excluding carboxylic acids is 3. The van der Waals surface area contributed by atoms with E-state index in [9.17, 15) is 14.4 Å². The van der Waals surface area contributed by atoms with Crippen molar-refractivity contribution in [1.29, 1.82) is 0 Å². The van der Waals surface area contributed by atoms with Crippen LogP contribution in [-0.2, 0) is 21.7 Å². The summed E-state index contributed by atoms with van der Waals surface area (Å²) in [5.74, 6) is 0.121. The predicted octanol–water partition coefficient (Wildman–Crippen LogP) is 1.18. The number of urea groups is 1. The van der Waals surface area contributed by atoms with Crippen molar-refractivity contribution >= 4 is 17.8 Å². The molecular weight excluding hydrogens is 376 g/mol. The highest BCUT2D eigenvalue weighted by atomic mass is 16.5. The molecule has 1 unspecified atom stereocenters. The molecule has 1 aromatic heterocycles. The van der Waals surface area contributed by atoms with Gasteiger partial charge in [-0.05, 0) is 36.2 Å². The van der Waals surface area contributed by atoms with Crippen LogP contribution in [-0.4, -0.2) is 48.5 Å². The Labute approximate surface area is 168 Å². The van der Waals surface area contributed by atoms with Gasteiger partial charge in [0, 0.05) is 18.8 Å². The van der Waals surface area contributed by atoms with Gasteiger partial charge < -0.3 is 20.1 Å². The standard InChI is InChI=1S/C20H22N4O5/c1-20(14-4-6-15(28-2)7-5-14)18(26)24(19(27)23-20)12-16(25)22-11-13-8-9-21-17(10-13)29-3/h4-10H,11-12H2,1-3H3,(H,22,25)(H,23,27). The van der Waals surface area contributed by atoms with Crippen LogP contribution in [0.2, 0.25) is 0 Å². The molecule has 1 atom stereocenters. The molecule has 1 aliphatic heterocycles. The minimum absolute atomic E-state index is 0.219. The highest BCUT2D eigenvalue weighted by molar-refractivity contribution is 6.09. The summed E-state index contributed by atoms with van der Waals surface area (Å²) < 4.78 is 10.2. The molecule has 29 heavy (non-hydrogen) atoms. The minimum atomic E-state index is -1.25.